The monoisotopic (exact) mass is 232 g/mol. The number of rotatable bonds is 1. The number of pyridine rings is 1. The number of imidazole rings is 1. The maximum Gasteiger partial charge on any atom is 0.267 e. The van der Waals surface area contributed by atoms with Crippen molar-refractivity contribution in [2.45, 2.75) is 6.92 Å². The lowest BCUT2D eigenvalue weighted by Gasteiger charge is -1.94. The number of hydrogen-bond acceptors (Lipinski definition) is 4. The number of aryl methyl sites for hydroxylation is 1. The summed E-state index contributed by atoms with van der Waals surface area (Å²) in [6, 6.07) is 1.70. The summed E-state index contributed by atoms with van der Waals surface area (Å²) < 4.78 is 2.93. The summed E-state index contributed by atoms with van der Waals surface area (Å²) in [6.07, 6.45) is 3.60. The van der Waals surface area contributed by atoms with Crippen molar-refractivity contribution in [3.8, 4) is 0 Å². The van der Waals surface area contributed by atoms with Crippen LogP contribution in [-0.4, -0.2) is 20.3 Å². The lowest BCUT2D eigenvalue weighted by molar-refractivity contribution is 0.0996. The van der Waals surface area contributed by atoms with E-state index in [4.69, 9.17) is 5.73 Å². The number of aromatic nitrogens is 3. The molecule has 3 aromatic heterocycles. The van der Waals surface area contributed by atoms with Gasteiger partial charge in [-0.2, -0.15) is 0 Å². The predicted molar refractivity (Wildman–Crippen MR) is 61.6 cm³/mol. The van der Waals surface area contributed by atoms with E-state index in [0.717, 1.165) is 20.9 Å². The second-order valence-electron chi connectivity index (χ2n) is 3.54. The maximum absolute atomic E-state index is 11.0. The molecule has 3 aromatic rings. The number of nitrogens with zero attached hydrogens (tertiary/aromatic N) is 3. The first-order valence-electron chi connectivity index (χ1n) is 4.69. The van der Waals surface area contributed by atoms with Gasteiger partial charge in [-0.15, -0.1) is 0 Å². The van der Waals surface area contributed by atoms with Gasteiger partial charge in [0.2, 0.25) is 0 Å². The quantitative estimate of drug-likeness (QED) is 0.688. The van der Waals surface area contributed by atoms with E-state index < -0.39 is 5.91 Å². The van der Waals surface area contributed by atoms with E-state index in [0.29, 0.717) is 0 Å². The number of carbonyl (C=O) groups excluding carboxylic acids is 1. The highest BCUT2D eigenvalue weighted by atomic mass is 32.1. The van der Waals surface area contributed by atoms with Crippen LogP contribution >= 0.6 is 11.3 Å². The van der Waals surface area contributed by atoms with E-state index in [9.17, 15) is 4.79 Å². The summed E-state index contributed by atoms with van der Waals surface area (Å²) in [7, 11) is 0. The molecule has 0 aliphatic heterocycles. The Morgan fingerprint density at radius 3 is 3.12 bits per heavy atom. The third-order valence-electron chi connectivity index (χ3n) is 2.35. The first-order valence-corrected chi connectivity index (χ1v) is 5.51. The van der Waals surface area contributed by atoms with Gasteiger partial charge in [-0.25, -0.2) is 9.97 Å². The second kappa shape index (κ2) is 3.02. The SMILES string of the molecule is Cc1cn2c(n1)sc1cc(C(N)=O)ncc12. The molecule has 0 saturated heterocycles. The zero-order chi connectivity index (χ0) is 11.3. The van der Waals surface area contributed by atoms with Crippen molar-refractivity contribution < 1.29 is 4.79 Å². The van der Waals surface area contributed by atoms with Crippen LogP contribution in [0, 0.1) is 6.92 Å². The minimum absolute atomic E-state index is 0.286. The van der Waals surface area contributed by atoms with Crippen molar-refractivity contribution in [1.82, 2.24) is 14.4 Å². The molecule has 0 atom stereocenters. The van der Waals surface area contributed by atoms with Crippen molar-refractivity contribution in [3.05, 3.63) is 29.8 Å². The van der Waals surface area contributed by atoms with Crippen LogP contribution in [0.3, 0.4) is 0 Å². The Labute approximate surface area is 94.5 Å². The summed E-state index contributed by atoms with van der Waals surface area (Å²) in [5, 5.41) is 0. The topological polar surface area (TPSA) is 73.3 Å². The van der Waals surface area contributed by atoms with Gasteiger partial charge >= 0.3 is 0 Å². The van der Waals surface area contributed by atoms with Crippen LogP contribution in [0.1, 0.15) is 16.2 Å². The smallest absolute Gasteiger partial charge is 0.267 e. The summed E-state index contributed by atoms with van der Waals surface area (Å²) in [5.74, 6) is -0.510. The van der Waals surface area contributed by atoms with Gasteiger partial charge < -0.3 is 5.73 Å². The minimum atomic E-state index is -0.510. The highest BCUT2D eigenvalue weighted by molar-refractivity contribution is 7.23. The lowest BCUT2D eigenvalue weighted by Crippen LogP contribution is -2.12. The minimum Gasteiger partial charge on any atom is -0.364 e. The first kappa shape index (κ1) is 9.29. The molecule has 0 aliphatic rings. The molecule has 80 valence electrons. The zero-order valence-corrected chi connectivity index (χ0v) is 9.28. The predicted octanol–water partition coefficient (Wildman–Crippen LogP) is 1.35. The van der Waals surface area contributed by atoms with Gasteiger partial charge in [-0.3, -0.25) is 9.20 Å². The number of thiazole rings is 1. The number of amides is 1. The van der Waals surface area contributed by atoms with E-state index in [1.807, 2.05) is 17.5 Å². The second-order valence-corrected chi connectivity index (χ2v) is 4.55. The highest BCUT2D eigenvalue weighted by Crippen LogP contribution is 2.25. The molecule has 0 aliphatic carbocycles. The van der Waals surface area contributed by atoms with Crippen LogP contribution in [0.15, 0.2) is 18.5 Å². The molecule has 3 rings (SSSR count). The number of nitrogens with two attached hydrogens (primary N) is 1. The molecule has 1 amide bonds. The standard InChI is InChI=1S/C10H8N4OS/c1-5-4-14-7-3-12-6(9(11)15)2-8(7)16-10(14)13-5/h2-4H,1H3,(H2,11,15). The van der Waals surface area contributed by atoms with Gasteiger partial charge in [-0.05, 0) is 13.0 Å². The van der Waals surface area contributed by atoms with Crippen molar-refractivity contribution in [3.63, 3.8) is 0 Å². The van der Waals surface area contributed by atoms with Gasteiger partial charge in [0, 0.05) is 6.20 Å². The Kier molecular flexibility index (Phi) is 1.75. The van der Waals surface area contributed by atoms with E-state index in [1.54, 1.807) is 12.3 Å². The van der Waals surface area contributed by atoms with Crippen LogP contribution in [-0.2, 0) is 0 Å². The molecule has 0 unspecified atom stereocenters. The van der Waals surface area contributed by atoms with Crippen LogP contribution in [0.2, 0.25) is 0 Å². The number of hydrogen-bond donors (Lipinski definition) is 1. The first-order chi connectivity index (χ1) is 7.65. The number of fused-ring (bicyclic) bond motifs is 3. The molecule has 0 saturated carbocycles. The Balaban J connectivity index is 2.37. The van der Waals surface area contributed by atoms with Crippen LogP contribution < -0.4 is 5.73 Å². The molecule has 3 heterocycles. The lowest BCUT2D eigenvalue weighted by atomic mass is 10.3. The Morgan fingerprint density at radius 1 is 1.56 bits per heavy atom. The number of carbonyl (C=O) groups is 1. The fourth-order valence-corrected chi connectivity index (χ4v) is 2.71. The molecule has 0 bridgehead atoms. The van der Waals surface area contributed by atoms with E-state index in [-0.39, 0.29) is 5.69 Å². The summed E-state index contributed by atoms with van der Waals surface area (Å²) in [4.78, 5) is 20.3. The normalized spacial score (nSPS) is 11.3. The van der Waals surface area contributed by atoms with Crippen LogP contribution in [0.4, 0.5) is 0 Å². The van der Waals surface area contributed by atoms with Gasteiger partial charge in [0.05, 0.1) is 22.1 Å². The van der Waals surface area contributed by atoms with Gasteiger partial charge in [0.25, 0.3) is 5.91 Å². The largest absolute Gasteiger partial charge is 0.364 e. The fraction of sp³-hybridized carbons (Fsp3) is 0.100. The zero-order valence-electron chi connectivity index (χ0n) is 8.47. The Bertz CT molecular complexity index is 712. The summed E-state index contributed by atoms with van der Waals surface area (Å²) >= 11 is 1.52. The van der Waals surface area contributed by atoms with Gasteiger partial charge in [0.15, 0.2) is 4.96 Å². The van der Waals surface area contributed by atoms with Crippen molar-refractivity contribution >= 4 is 32.4 Å². The van der Waals surface area contributed by atoms with Crippen molar-refractivity contribution in [2.75, 3.05) is 0 Å². The molecular formula is C10H8N4OS. The van der Waals surface area contributed by atoms with Crippen molar-refractivity contribution in [1.29, 1.82) is 0 Å². The van der Waals surface area contributed by atoms with Gasteiger partial charge in [-0.1, -0.05) is 11.3 Å². The summed E-state index contributed by atoms with van der Waals surface area (Å²) in [5.41, 5.74) is 7.38. The molecule has 0 aromatic carbocycles. The van der Waals surface area contributed by atoms with Crippen LogP contribution in [0.25, 0.3) is 15.2 Å². The van der Waals surface area contributed by atoms with E-state index >= 15 is 0 Å². The van der Waals surface area contributed by atoms with Gasteiger partial charge in [0.1, 0.15) is 5.69 Å². The molecule has 6 heteroatoms. The molecular weight excluding hydrogens is 224 g/mol. The third-order valence-corrected chi connectivity index (χ3v) is 3.37. The van der Waals surface area contributed by atoms with E-state index in [1.165, 1.54) is 11.3 Å². The number of primary amides is 1. The molecule has 2 N–H and O–H groups in total. The maximum atomic E-state index is 11.0. The molecule has 0 radical (unpaired) electrons. The Hall–Kier alpha value is -1.95. The molecule has 16 heavy (non-hydrogen) atoms. The van der Waals surface area contributed by atoms with Crippen LogP contribution in [0.5, 0.6) is 0 Å². The fourth-order valence-electron chi connectivity index (χ4n) is 1.65. The van der Waals surface area contributed by atoms with E-state index in [2.05, 4.69) is 9.97 Å². The third kappa shape index (κ3) is 1.20. The highest BCUT2D eigenvalue weighted by Gasteiger charge is 2.10. The molecule has 0 fully saturated rings. The average molecular weight is 232 g/mol. The Morgan fingerprint density at radius 2 is 2.38 bits per heavy atom. The summed E-state index contributed by atoms with van der Waals surface area (Å²) in [6.45, 7) is 1.94. The average Bonchev–Trinajstić information content (AvgIpc) is 2.72. The molecule has 0 spiro atoms. The van der Waals surface area contributed by atoms with Crippen molar-refractivity contribution in [2.24, 2.45) is 5.73 Å². The molecule has 5 nitrogen and oxygen atoms in total.